The van der Waals surface area contributed by atoms with Crippen LogP contribution in [0.5, 0.6) is 5.75 Å². The summed E-state index contributed by atoms with van der Waals surface area (Å²) in [5.74, 6) is 1.20. The lowest BCUT2D eigenvalue weighted by molar-refractivity contribution is 0.475. The summed E-state index contributed by atoms with van der Waals surface area (Å²) in [4.78, 5) is 5.24. The molecule has 4 rings (SSSR count). The van der Waals surface area contributed by atoms with Gasteiger partial charge in [-0.15, -0.1) is 11.8 Å². The molecule has 0 aliphatic rings. The predicted octanol–water partition coefficient (Wildman–Crippen LogP) is 6.78. The summed E-state index contributed by atoms with van der Waals surface area (Å²) in [5, 5.41) is 9.41. The molecule has 1 N–H and O–H groups in total. The van der Waals surface area contributed by atoms with E-state index in [4.69, 9.17) is 0 Å². The van der Waals surface area contributed by atoms with E-state index in [-0.39, 0.29) is 10.9 Å². The summed E-state index contributed by atoms with van der Waals surface area (Å²) in [6, 6.07) is 37.8. The van der Waals surface area contributed by atoms with Crippen molar-refractivity contribution in [1.82, 2.24) is 0 Å². The minimum Gasteiger partial charge on any atom is -0.508 e. The molecular weight excluding hydrogens is 380 g/mol. The lowest BCUT2D eigenvalue weighted by Crippen LogP contribution is -2.04. The molecule has 0 atom stereocenters. The zero-order chi connectivity index (χ0) is 19.2. The number of rotatable bonds is 6. The molecule has 0 radical (unpaired) electrons. The fraction of sp³-hybridized carbons (Fsp3) is 0.0400. The summed E-state index contributed by atoms with van der Waals surface area (Å²) in [5.41, 5.74) is 1.21. The molecule has 0 aliphatic carbocycles. The number of aromatic hydroxyl groups is 1. The fourth-order valence-corrected chi connectivity index (χ4v) is 5.89. The van der Waals surface area contributed by atoms with Gasteiger partial charge in [-0.05, 0) is 66.2 Å². The van der Waals surface area contributed by atoms with Gasteiger partial charge in [-0.25, -0.2) is 0 Å². The Kier molecular flexibility index (Phi) is 6.05. The van der Waals surface area contributed by atoms with Crippen LogP contribution in [-0.2, 0) is 16.6 Å². The SMILES string of the molecule is Oc1ccc(CSc2ccc([S+](c3ccccc3)c3ccccc3)cc2)cc1. The zero-order valence-corrected chi connectivity index (χ0v) is 17.0. The van der Waals surface area contributed by atoms with Gasteiger partial charge in [0.2, 0.25) is 0 Å². The van der Waals surface area contributed by atoms with Crippen molar-refractivity contribution in [2.75, 3.05) is 0 Å². The molecule has 0 spiro atoms. The van der Waals surface area contributed by atoms with Crippen molar-refractivity contribution in [2.24, 2.45) is 0 Å². The Labute approximate surface area is 173 Å². The van der Waals surface area contributed by atoms with Crippen LogP contribution in [0.2, 0.25) is 0 Å². The zero-order valence-electron chi connectivity index (χ0n) is 15.4. The molecule has 0 fully saturated rings. The number of benzene rings is 4. The van der Waals surface area contributed by atoms with E-state index in [1.165, 1.54) is 25.1 Å². The molecule has 0 bridgehead atoms. The Bertz CT molecular complexity index is 958. The molecule has 0 aliphatic heterocycles. The fourth-order valence-electron chi connectivity index (χ4n) is 2.95. The second-order valence-corrected chi connectivity index (χ2v) is 9.43. The standard InChI is InChI=1S/C25H20OS2/c26-21-13-11-20(12-14-21)19-27-22-15-17-25(18-16-22)28(23-7-3-1-4-8-23)24-9-5-2-6-10-24/h1-18H,19H2/p+1. The van der Waals surface area contributed by atoms with Crippen LogP contribution in [0, 0.1) is 0 Å². The molecule has 0 unspecified atom stereocenters. The molecule has 1 nitrogen and oxygen atoms in total. The lowest BCUT2D eigenvalue weighted by Gasteiger charge is -2.09. The van der Waals surface area contributed by atoms with Crippen molar-refractivity contribution in [3.63, 3.8) is 0 Å². The Morgan fingerprint density at radius 2 is 1.07 bits per heavy atom. The van der Waals surface area contributed by atoms with E-state index in [2.05, 4.69) is 84.9 Å². The summed E-state index contributed by atoms with van der Waals surface area (Å²) < 4.78 is 0. The van der Waals surface area contributed by atoms with Crippen molar-refractivity contribution in [2.45, 2.75) is 25.3 Å². The number of phenolic OH excluding ortho intramolecular Hbond substituents is 1. The third-order valence-corrected chi connectivity index (χ3v) is 7.67. The lowest BCUT2D eigenvalue weighted by atomic mass is 10.2. The van der Waals surface area contributed by atoms with Gasteiger partial charge in [0.05, 0.1) is 10.9 Å². The molecular formula is C25H21OS2+. The molecule has 0 saturated heterocycles. The van der Waals surface area contributed by atoms with Crippen molar-refractivity contribution in [3.05, 3.63) is 115 Å². The first kappa shape index (κ1) is 18.7. The number of hydrogen-bond acceptors (Lipinski definition) is 2. The Balaban J connectivity index is 1.55. The molecule has 4 aromatic carbocycles. The maximum Gasteiger partial charge on any atom is 0.166 e. The first-order valence-electron chi connectivity index (χ1n) is 9.15. The van der Waals surface area contributed by atoms with E-state index in [9.17, 15) is 5.11 Å². The molecule has 0 heterocycles. The topological polar surface area (TPSA) is 20.2 Å². The van der Waals surface area contributed by atoms with Crippen LogP contribution in [0.15, 0.2) is 129 Å². The summed E-state index contributed by atoms with van der Waals surface area (Å²) in [7, 11) is -0.102. The molecule has 0 saturated carbocycles. The van der Waals surface area contributed by atoms with Gasteiger partial charge in [-0.3, -0.25) is 0 Å². The van der Waals surface area contributed by atoms with Gasteiger partial charge >= 0.3 is 0 Å². The van der Waals surface area contributed by atoms with Gasteiger partial charge in [0.25, 0.3) is 0 Å². The first-order valence-corrected chi connectivity index (χ1v) is 11.4. The maximum atomic E-state index is 9.41. The minimum atomic E-state index is -0.102. The molecule has 0 amide bonds. The van der Waals surface area contributed by atoms with E-state index in [1.807, 2.05) is 23.9 Å². The molecule has 4 aromatic rings. The predicted molar refractivity (Wildman–Crippen MR) is 119 cm³/mol. The second kappa shape index (κ2) is 9.05. The Morgan fingerprint density at radius 3 is 1.61 bits per heavy atom. The van der Waals surface area contributed by atoms with Gasteiger partial charge in [0.15, 0.2) is 14.7 Å². The van der Waals surface area contributed by atoms with Crippen LogP contribution in [0.3, 0.4) is 0 Å². The highest BCUT2D eigenvalue weighted by Gasteiger charge is 2.27. The van der Waals surface area contributed by atoms with Crippen LogP contribution in [-0.4, -0.2) is 5.11 Å². The number of thioether (sulfide) groups is 1. The van der Waals surface area contributed by atoms with E-state index in [0.717, 1.165) is 5.75 Å². The average molecular weight is 402 g/mol. The molecule has 3 heteroatoms. The Hall–Kier alpha value is -2.62. The van der Waals surface area contributed by atoms with Gasteiger partial charge < -0.3 is 5.11 Å². The van der Waals surface area contributed by atoms with E-state index >= 15 is 0 Å². The molecule has 28 heavy (non-hydrogen) atoms. The maximum absolute atomic E-state index is 9.41. The van der Waals surface area contributed by atoms with E-state index in [1.54, 1.807) is 12.1 Å². The van der Waals surface area contributed by atoms with Crippen molar-refractivity contribution in [1.29, 1.82) is 0 Å². The highest BCUT2D eigenvalue weighted by atomic mass is 32.2. The van der Waals surface area contributed by atoms with E-state index in [0.29, 0.717) is 5.75 Å². The smallest absolute Gasteiger partial charge is 0.166 e. The largest absolute Gasteiger partial charge is 0.508 e. The Morgan fingerprint density at radius 1 is 0.571 bits per heavy atom. The van der Waals surface area contributed by atoms with Gasteiger partial charge in [0, 0.05) is 10.6 Å². The van der Waals surface area contributed by atoms with Crippen LogP contribution < -0.4 is 0 Å². The second-order valence-electron chi connectivity index (χ2n) is 6.36. The monoisotopic (exact) mass is 401 g/mol. The third-order valence-electron chi connectivity index (χ3n) is 4.36. The van der Waals surface area contributed by atoms with Gasteiger partial charge in [-0.1, -0.05) is 48.5 Å². The highest BCUT2D eigenvalue weighted by molar-refractivity contribution is 7.98. The van der Waals surface area contributed by atoms with Crippen LogP contribution >= 0.6 is 11.8 Å². The third kappa shape index (κ3) is 4.61. The van der Waals surface area contributed by atoms with Gasteiger partial charge in [-0.2, -0.15) is 0 Å². The molecule has 0 aromatic heterocycles. The minimum absolute atomic E-state index is 0.102. The number of hydrogen-bond donors (Lipinski definition) is 1. The van der Waals surface area contributed by atoms with E-state index < -0.39 is 0 Å². The summed E-state index contributed by atoms with van der Waals surface area (Å²) in [6.07, 6.45) is 0. The summed E-state index contributed by atoms with van der Waals surface area (Å²) in [6.45, 7) is 0. The quantitative estimate of drug-likeness (QED) is 0.284. The average Bonchev–Trinajstić information content (AvgIpc) is 2.76. The van der Waals surface area contributed by atoms with Crippen LogP contribution in [0.1, 0.15) is 5.56 Å². The first-order chi connectivity index (χ1) is 13.8. The number of phenols is 1. The van der Waals surface area contributed by atoms with Gasteiger partial charge in [0.1, 0.15) is 5.75 Å². The highest BCUT2D eigenvalue weighted by Crippen LogP contribution is 2.32. The van der Waals surface area contributed by atoms with Crippen LogP contribution in [0.25, 0.3) is 0 Å². The van der Waals surface area contributed by atoms with Crippen LogP contribution in [0.4, 0.5) is 0 Å². The van der Waals surface area contributed by atoms with Crippen molar-refractivity contribution >= 4 is 22.7 Å². The van der Waals surface area contributed by atoms with Crippen molar-refractivity contribution in [3.8, 4) is 5.75 Å². The normalized spacial score (nSPS) is 10.9. The summed E-state index contributed by atoms with van der Waals surface area (Å²) >= 11 is 1.81. The molecule has 138 valence electrons. The van der Waals surface area contributed by atoms with Crippen molar-refractivity contribution < 1.29 is 5.11 Å².